The van der Waals surface area contributed by atoms with Gasteiger partial charge >= 0.3 is 0 Å². The maximum Gasteiger partial charge on any atom is 0.145 e. The van der Waals surface area contributed by atoms with Crippen LogP contribution in [0.3, 0.4) is 0 Å². The Hall–Kier alpha value is -1.11. The Morgan fingerprint density at radius 2 is 1.62 bits per heavy atom. The predicted octanol–water partition coefficient (Wildman–Crippen LogP) is 4.25. The van der Waals surface area contributed by atoms with E-state index in [1.165, 1.54) is 0 Å². The predicted molar refractivity (Wildman–Crippen MR) is 129 cm³/mol. The van der Waals surface area contributed by atoms with Crippen LogP contribution in [0.2, 0.25) is 0 Å². The van der Waals surface area contributed by atoms with Crippen LogP contribution in [0.5, 0.6) is 0 Å². The van der Waals surface area contributed by atoms with Crippen molar-refractivity contribution in [2.45, 2.75) is 105 Å². The minimum Gasteiger partial charge on any atom is -0.389 e. The highest BCUT2D eigenvalue weighted by Crippen LogP contribution is 2.37. The number of carbonyl (C=O) groups excluding carboxylic acids is 2. The lowest BCUT2D eigenvalue weighted by atomic mass is 9.70. The average Bonchev–Trinajstić information content (AvgIpc) is 2.74. The lowest BCUT2D eigenvalue weighted by molar-refractivity contribution is -0.142. The molecule has 1 aliphatic rings. The number of nitrogens with zero attached hydrogens (tertiary/aromatic N) is 1. The van der Waals surface area contributed by atoms with E-state index in [9.17, 15) is 19.8 Å². The van der Waals surface area contributed by atoms with Crippen molar-refractivity contribution in [1.82, 2.24) is 0 Å². The van der Waals surface area contributed by atoms with E-state index in [1.54, 1.807) is 21.0 Å². The van der Waals surface area contributed by atoms with E-state index in [2.05, 4.69) is 13.8 Å². The van der Waals surface area contributed by atoms with Gasteiger partial charge in [0.15, 0.2) is 0 Å². The zero-order chi connectivity index (χ0) is 24.9. The van der Waals surface area contributed by atoms with Gasteiger partial charge in [0.2, 0.25) is 0 Å². The number of aliphatic hydroxyl groups is 2. The second-order valence-electron chi connectivity index (χ2n) is 10.5. The maximum absolute atomic E-state index is 13.1. The normalized spacial score (nSPS) is 42.2. The summed E-state index contributed by atoms with van der Waals surface area (Å²) >= 11 is 0. The number of hydrogen-bond acceptors (Lipinski definition) is 6. The van der Waals surface area contributed by atoms with Crippen LogP contribution in [-0.4, -0.2) is 58.5 Å². The number of methoxy groups -OCH3 is 1. The van der Waals surface area contributed by atoms with Gasteiger partial charge < -0.3 is 14.9 Å². The number of ether oxygens (including phenoxy) is 1. The van der Waals surface area contributed by atoms with Gasteiger partial charge in [-0.2, -0.15) is 0 Å². The molecule has 186 valence electrons. The molecule has 1 fully saturated rings. The van der Waals surface area contributed by atoms with Crippen molar-refractivity contribution in [2.24, 2.45) is 34.6 Å². The topological polar surface area (TPSA) is 96.2 Å². The Bertz CT molecular complexity index is 673. The zero-order valence-electron chi connectivity index (χ0n) is 21.8. The number of rotatable bonds is 4. The summed E-state index contributed by atoms with van der Waals surface area (Å²) in [6, 6.07) is 0. The van der Waals surface area contributed by atoms with Crippen molar-refractivity contribution in [1.29, 1.82) is 0 Å². The van der Waals surface area contributed by atoms with Crippen LogP contribution in [0, 0.1) is 29.6 Å². The van der Waals surface area contributed by atoms with E-state index in [4.69, 9.17) is 9.73 Å². The van der Waals surface area contributed by atoms with Crippen LogP contribution < -0.4 is 0 Å². The van der Waals surface area contributed by atoms with E-state index in [0.717, 1.165) is 12.1 Å². The first-order valence-corrected chi connectivity index (χ1v) is 12.3. The largest absolute Gasteiger partial charge is 0.389 e. The number of carbonyl (C=O) groups is 2. The van der Waals surface area contributed by atoms with Gasteiger partial charge in [0.25, 0.3) is 0 Å². The fourth-order valence-electron chi connectivity index (χ4n) is 5.42. The lowest BCUT2D eigenvalue weighted by Crippen LogP contribution is -2.52. The number of aliphatic imine (C=N–C) groups is 1. The van der Waals surface area contributed by atoms with Crippen molar-refractivity contribution >= 4 is 17.3 Å². The molecule has 0 radical (unpaired) electrons. The van der Waals surface area contributed by atoms with Crippen molar-refractivity contribution in [3.05, 3.63) is 0 Å². The molecule has 32 heavy (non-hydrogen) atoms. The zero-order valence-corrected chi connectivity index (χ0v) is 21.8. The molecule has 6 heteroatoms. The van der Waals surface area contributed by atoms with Crippen LogP contribution >= 0.6 is 0 Å². The van der Waals surface area contributed by atoms with Gasteiger partial charge in [0.05, 0.1) is 23.2 Å². The molecule has 6 nitrogen and oxygen atoms in total. The van der Waals surface area contributed by atoms with Crippen molar-refractivity contribution in [3.8, 4) is 0 Å². The van der Waals surface area contributed by atoms with Gasteiger partial charge in [0.1, 0.15) is 11.6 Å². The molecule has 2 N–H and O–H groups in total. The van der Waals surface area contributed by atoms with Crippen LogP contribution in [0.15, 0.2) is 4.99 Å². The van der Waals surface area contributed by atoms with Crippen LogP contribution in [0.1, 0.15) is 87.5 Å². The summed E-state index contributed by atoms with van der Waals surface area (Å²) in [4.78, 5) is 30.9. The number of ketones is 2. The number of Topliss-reactive ketones (excluding diaryl/α,β-unsaturated/α-hetero) is 2. The lowest BCUT2D eigenvalue weighted by Gasteiger charge is -2.42. The van der Waals surface area contributed by atoms with Gasteiger partial charge in [-0.15, -0.1) is 0 Å². The first-order valence-electron chi connectivity index (χ1n) is 12.3. The molecule has 0 amide bonds. The third kappa shape index (κ3) is 6.71. The third-order valence-corrected chi connectivity index (χ3v) is 7.69. The van der Waals surface area contributed by atoms with E-state index >= 15 is 0 Å². The van der Waals surface area contributed by atoms with E-state index in [1.807, 2.05) is 27.7 Å². The summed E-state index contributed by atoms with van der Waals surface area (Å²) in [7, 11) is 1.65. The molecular formula is C26H47NO5. The van der Waals surface area contributed by atoms with Crippen LogP contribution in [-0.2, 0) is 14.3 Å². The number of aliphatic hydroxyl groups excluding tert-OH is 1. The van der Waals surface area contributed by atoms with E-state index in [0.29, 0.717) is 25.8 Å². The first kappa shape index (κ1) is 28.9. The summed E-state index contributed by atoms with van der Waals surface area (Å²) < 4.78 is 5.88. The molecule has 1 rings (SSSR count). The van der Waals surface area contributed by atoms with Gasteiger partial charge in [-0.05, 0) is 51.9 Å². The Kier molecular flexibility index (Phi) is 10.7. The highest BCUT2D eigenvalue weighted by atomic mass is 16.5. The molecule has 0 aliphatic heterocycles. The number of hydrogen-bond donors (Lipinski definition) is 2. The summed E-state index contributed by atoms with van der Waals surface area (Å²) in [5.41, 5.74) is -1.21. The molecule has 8 atom stereocenters. The van der Waals surface area contributed by atoms with Gasteiger partial charge in [-0.25, -0.2) is 0 Å². The monoisotopic (exact) mass is 453 g/mol. The molecule has 0 bridgehead atoms. The average molecular weight is 454 g/mol. The highest BCUT2D eigenvalue weighted by molar-refractivity contribution is 6.03. The molecular weight excluding hydrogens is 406 g/mol. The van der Waals surface area contributed by atoms with Crippen LogP contribution in [0.4, 0.5) is 0 Å². The Morgan fingerprint density at radius 1 is 1.06 bits per heavy atom. The first-order chi connectivity index (χ1) is 14.8. The molecule has 3 unspecified atom stereocenters. The molecule has 0 aromatic carbocycles. The molecule has 0 heterocycles. The van der Waals surface area contributed by atoms with Gasteiger partial charge in [-0.1, -0.05) is 41.0 Å². The SMILES string of the molecule is CCCN=C1C(C)C(O)[C@](C)(O)[C@@H](CC)CC(=O)C(C)C(=O)[C@H](C)C[C@](C)(OC)C[C@H]1C. The fourth-order valence-corrected chi connectivity index (χ4v) is 5.42. The van der Waals surface area contributed by atoms with E-state index < -0.39 is 29.1 Å². The van der Waals surface area contributed by atoms with Crippen molar-refractivity contribution in [2.75, 3.05) is 13.7 Å². The Morgan fingerprint density at radius 3 is 2.12 bits per heavy atom. The van der Waals surface area contributed by atoms with E-state index in [-0.39, 0.29) is 35.7 Å². The molecule has 0 spiro atoms. The summed E-state index contributed by atoms with van der Waals surface area (Å²) in [5.74, 6) is -2.17. The van der Waals surface area contributed by atoms with Crippen molar-refractivity contribution < 1.29 is 24.5 Å². The van der Waals surface area contributed by atoms with Crippen LogP contribution in [0.25, 0.3) is 0 Å². The molecule has 1 saturated carbocycles. The van der Waals surface area contributed by atoms with Gasteiger partial charge in [0, 0.05) is 37.6 Å². The minimum atomic E-state index is -1.49. The highest BCUT2D eigenvalue weighted by Gasteiger charge is 2.45. The Balaban J connectivity index is 3.55. The smallest absolute Gasteiger partial charge is 0.145 e. The second kappa shape index (κ2) is 11.8. The fraction of sp³-hybridized carbons (Fsp3) is 0.885. The van der Waals surface area contributed by atoms with Crippen molar-refractivity contribution in [3.63, 3.8) is 0 Å². The second-order valence-corrected chi connectivity index (χ2v) is 10.5. The standard InChI is InChI=1S/C26H47NO5/c1-10-12-27-22-16(3)14-25(7,32-9)15-17(4)23(29)18(5)21(28)13-20(11-2)26(8,31)24(30)19(22)6/h16-20,24,30-31H,10-15H2,1-9H3/t16-,17-,18?,19?,20+,24?,25-,26-/m1/s1. The maximum atomic E-state index is 13.1. The quantitative estimate of drug-likeness (QED) is 0.621. The van der Waals surface area contributed by atoms with Gasteiger partial charge in [-0.3, -0.25) is 14.6 Å². The summed E-state index contributed by atoms with van der Waals surface area (Å²) in [6.45, 7) is 15.7. The minimum absolute atomic E-state index is 0.00340. The molecule has 0 aromatic heterocycles. The molecule has 1 aliphatic carbocycles. The third-order valence-electron chi connectivity index (χ3n) is 7.69. The molecule has 0 saturated heterocycles. The Labute approximate surface area is 195 Å². The molecule has 0 aromatic rings. The summed E-state index contributed by atoms with van der Waals surface area (Å²) in [6.07, 6.45) is 1.52. The summed E-state index contributed by atoms with van der Waals surface area (Å²) in [5, 5.41) is 22.7.